The van der Waals surface area contributed by atoms with Crippen LogP contribution in [0.1, 0.15) is 74.8 Å². The zero-order chi connectivity index (χ0) is 31.5. The summed E-state index contributed by atoms with van der Waals surface area (Å²) in [6.07, 6.45) is 4.59. The van der Waals surface area contributed by atoms with Gasteiger partial charge in [0.15, 0.2) is 11.5 Å². The molecule has 7 rings (SSSR count). The number of halogens is 1. The van der Waals surface area contributed by atoms with Crippen LogP contribution in [0.5, 0.6) is 11.5 Å². The lowest BCUT2D eigenvalue weighted by molar-refractivity contribution is -0.118. The highest BCUT2D eigenvalue weighted by Crippen LogP contribution is 2.48. The van der Waals surface area contributed by atoms with E-state index in [4.69, 9.17) is 25.8 Å². The topological polar surface area (TPSA) is 71.5 Å². The average molecular weight is 631 g/mol. The Hall–Kier alpha value is -3.10. The number of nitrogens with zero attached hydrogens (tertiary/aromatic N) is 2. The number of fused-ring (bicyclic) bond motifs is 3. The molecule has 3 aromatic carbocycles. The van der Waals surface area contributed by atoms with Gasteiger partial charge in [-0.3, -0.25) is 9.69 Å². The third-order valence-electron chi connectivity index (χ3n) is 10.5. The van der Waals surface area contributed by atoms with Gasteiger partial charge in [0.2, 0.25) is 5.91 Å². The average Bonchev–Trinajstić information content (AvgIpc) is 3.22. The third-order valence-corrected chi connectivity index (χ3v) is 10.7. The predicted octanol–water partition coefficient (Wildman–Crippen LogP) is 6.66. The highest BCUT2D eigenvalue weighted by atomic mass is 35.5. The van der Waals surface area contributed by atoms with E-state index >= 15 is 0 Å². The third kappa shape index (κ3) is 5.52. The fourth-order valence-electron chi connectivity index (χ4n) is 8.19. The van der Waals surface area contributed by atoms with Gasteiger partial charge >= 0.3 is 0 Å². The van der Waals surface area contributed by atoms with Crippen molar-refractivity contribution >= 4 is 23.2 Å². The Morgan fingerprint density at radius 1 is 0.956 bits per heavy atom. The van der Waals surface area contributed by atoms with Crippen molar-refractivity contribution in [1.29, 1.82) is 0 Å². The number of aliphatic hydroxyl groups is 1. The first-order chi connectivity index (χ1) is 21.6. The van der Waals surface area contributed by atoms with Crippen molar-refractivity contribution in [1.82, 2.24) is 4.90 Å². The second kappa shape index (κ2) is 11.9. The van der Waals surface area contributed by atoms with Crippen LogP contribution in [0.4, 0.5) is 5.69 Å². The van der Waals surface area contributed by atoms with Crippen LogP contribution in [0, 0.1) is 5.92 Å². The summed E-state index contributed by atoms with van der Waals surface area (Å²) in [6, 6.07) is 20.8. The van der Waals surface area contributed by atoms with Crippen molar-refractivity contribution in [2.24, 2.45) is 5.92 Å². The van der Waals surface area contributed by atoms with Gasteiger partial charge in [-0.15, -0.1) is 0 Å². The second-order valence-electron chi connectivity index (χ2n) is 13.6. The lowest BCUT2D eigenvalue weighted by Crippen LogP contribution is -2.58. The normalized spacial score (nSPS) is 26.4. The van der Waals surface area contributed by atoms with E-state index in [1.807, 2.05) is 86.3 Å². The second-order valence-corrected chi connectivity index (χ2v) is 14.1. The Morgan fingerprint density at radius 3 is 2.20 bits per heavy atom. The quantitative estimate of drug-likeness (QED) is 0.300. The molecule has 3 saturated heterocycles. The smallest absolute Gasteiger partial charge is 0.232 e. The van der Waals surface area contributed by atoms with Crippen molar-refractivity contribution in [2.75, 3.05) is 25.2 Å². The number of hydrogen-bond acceptors (Lipinski definition) is 6. The molecule has 0 aromatic heterocycles. The molecule has 3 unspecified atom stereocenters. The van der Waals surface area contributed by atoms with Crippen molar-refractivity contribution in [2.45, 2.75) is 88.7 Å². The Bertz CT molecular complexity index is 1540. The van der Waals surface area contributed by atoms with Gasteiger partial charge in [-0.2, -0.15) is 0 Å². The molecular formula is C37H43ClN2O5. The first-order valence-electron chi connectivity index (χ1n) is 16.3. The summed E-state index contributed by atoms with van der Waals surface area (Å²) >= 11 is 6.29. The molecule has 4 atom stereocenters. The minimum Gasteiger partial charge on any atom is -0.493 e. The van der Waals surface area contributed by atoms with Crippen LogP contribution in [0.15, 0.2) is 60.7 Å². The highest BCUT2D eigenvalue weighted by molar-refractivity contribution is 6.30. The van der Waals surface area contributed by atoms with E-state index in [-0.39, 0.29) is 30.4 Å². The molecule has 0 radical (unpaired) electrons. The van der Waals surface area contributed by atoms with Gasteiger partial charge in [0, 0.05) is 22.8 Å². The molecule has 8 heteroatoms. The minimum atomic E-state index is -0.963. The maximum Gasteiger partial charge on any atom is 0.232 e. The lowest BCUT2D eigenvalue weighted by atomic mass is 9.74. The number of carbonyl (C=O) groups is 1. The van der Waals surface area contributed by atoms with Gasteiger partial charge in [0.25, 0.3) is 0 Å². The van der Waals surface area contributed by atoms with Gasteiger partial charge in [-0.05, 0) is 111 Å². The summed E-state index contributed by atoms with van der Waals surface area (Å²) in [5.74, 6) is 1.43. The molecule has 45 heavy (non-hydrogen) atoms. The maximum atomic E-state index is 14.0. The SMILES string of the molecule is COc1cc2c(cc1OC(C)C)C(c1ccc(Cl)cc1)N(c1ccc([C@@](C)(O)C3CC4CCC(C3)N4C3COC3)cc1)C(=O)C2. The summed E-state index contributed by atoms with van der Waals surface area (Å²) in [5, 5.41) is 12.6. The largest absolute Gasteiger partial charge is 0.493 e. The van der Waals surface area contributed by atoms with Gasteiger partial charge in [0.1, 0.15) is 0 Å². The van der Waals surface area contributed by atoms with Crippen LogP contribution in [-0.4, -0.2) is 60.5 Å². The van der Waals surface area contributed by atoms with Crippen molar-refractivity contribution in [3.05, 3.63) is 87.9 Å². The van der Waals surface area contributed by atoms with Crippen LogP contribution >= 0.6 is 11.6 Å². The molecule has 4 heterocycles. The summed E-state index contributed by atoms with van der Waals surface area (Å²) in [5.41, 5.74) is 3.56. The number of methoxy groups -OCH3 is 1. The molecule has 4 aliphatic heterocycles. The molecule has 0 aliphatic carbocycles. The molecule has 4 aliphatic rings. The van der Waals surface area contributed by atoms with E-state index in [0.717, 1.165) is 54.0 Å². The highest BCUT2D eigenvalue weighted by Gasteiger charge is 2.50. The molecule has 7 nitrogen and oxygen atoms in total. The van der Waals surface area contributed by atoms with Crippen molar-refractivity contribution in [3.63, 3.8) is 0 Å². The minimum absolute atomic E-state index is 0.00883. The molecule has 3 aromatic rings. The van der Waals surface area contributed by atoms with E-state index in [2.05, 4.69) is 4.90 Å². The molecule has 3 fully saturated rings. The monoisotopic (exact) mass is 630 g/mol. The van der Waals surface area contributed by atoms with E-state index in [1.54, 1.807) is 7.11 Å². The Labute approximate surface area is 271 Å². The number of ether oxygens (including phenoxy) is 3. The van der Waals surface area contributed by atoms with E-state index in [0.29, 0.717) is 34.6 Å². The van der Waals surface area contributed by atoms with E-state index < -0.39 is 5.60 Å². The number of amides is 1. The van der Waals surface area contributed by atoms with Gasteiger partial charge in [-0.25, -0.2) is 0 Å². The standard InChI is InChI=1S/C37H43ClN2O5/c1-22(2)45-34-19-32-24(15-33(34)43-4)16-35(41)40(36(32)23-5-9-27(38)10-6-23)28-11-7-25(8-12-28)37(3,42)26-17-29-13-14-30(18-26)39(29)31-20-44-21-31/h5-12,15,19,22,26,29-31,36,42H,13-14,16-18,20-21H2,1-4H3/t26?,29?,30?,36?,37-/m1/s1. The number of anilines is 1. The Morgan fingerprint density at radius 2 is 1.62 bits per heavy atom. The molecule has 0 spiro atoms. The summed E-state index contributed by atoms with van der Waals surface area (Å²) < 4.78 is 17.3. The summed E-state index contributed by atoms with van der Waals surface area (Å²) in [6.45, 7) is 7.62. The first kappa shape index (κ1) is 30.5. The Kier molecular flexibility index (Phi) is 8.09. The number of piperidine rings is 1. The van der Waals surface area contributed by atoms with Gasteiger partial charge < -0.3 is 24.2 Å². The number of rotatable bonds is 8. The molecule has 0 saturated carbocycles. The van der Waals surface area contributed by atoms with Gasteiger partial charge in [0.05, 0.1) is 50.5 Å². The van der Waals surface area contributed by atoms with Crippen molar-refractivity contribution < 1.29 is 24.1 Å². The van der Waals surface area contributed by atoms with Crippen molar-refractivity contribution in [3.8, 4) is 11.5 Å². The molecule has 238 valence electrons. The fraction of sp³-hybridized carbons (Fsp3) is 0.486. The number of benzene rings is 3. The van der Waals surface area contributed by atoms with Crippen LogP contribution < -0.4 is 14.4 Å². The fourth-order valence-corrected chi connectivity index (χ4v) is 8.31. The van der Waals surface area contributed by atoms with Crippen LogP contribution in [0.25, 0.3) is 0 Å². The number of carbonyl (C=O) groups excluding carboxylic acids is 1. The summed E-state index contributed by atoms with van der Waals surface area (Å²) in [7, 11) is 1.62. The zero-order valence-electron chi connectivity index (χ0n) is 26.5. The summed E-state index contributed by atoms with van der Waals surface area (Å²) in [4.78, 5) is 18.5. The lowest BCUT2D eigenvalue weighted by Gasteiger charge is -2.49. The number of hydrogen-bond donors (Lipinski definition) is 1. The van der Waals surface area contributed by atoms with Crippen LogP contribution in [-0.2, 0) is 21.6 Å². The van der Waals surface area contributed by atoms with E-state index in [1.165, 1.54) is 12.8 Å². The molecule has 2 bridgehead atoms. The van der Waals surface area contributed by atoms with E-state index in [9.17, 15) is 9.90 Å². The van der Waals surface area contributed by atoms with Gasteiger partial charge in [-0.1, -0.05) is 35.9 Å². The first-order valence-corrected chi connectivity index (χ1v) is 16.6. The molecule has 1 amide bonds. The van der Waals surface area contributed by atoms with Crippen LogP contribution in [0.2, 0.25) is 5.02 Å². The Balaban J connectivity index is 1.21. The molecular weight excluding hydrogens is 588 g/mol. The zero-order valence-corrected chi connectivity index (χ0v) is 27.3. The molecule has 1 N–H and O–H groups in total. The predicted molar refractivity (Wildman–Crippen MR) is 175 cm³/mol. The maximum absolute atomic E-state index is 14.0. The van der Waals surface area contributed by atoms with Crippen LogP contribution in [0.3, 0.4) is 0 Å².